The maximum Gasteiger partial charge on any atom is 0.416 e. The number of hydrogen-bond donors (Lipinski definition) is 0. The van der Waals surface area contributed by atoms with Gasteiger partial charge in [-0.1, -0.05) is 6.07 Å². The van der Waals surface area contributed by atoms with E-state index >= 15 is 0 Å². The lowest BCUT2D eigenvalue weighted by Crippen LogP contribution is -2.28. The van der Waals surface area contributed by atoms with Crippen LogP contribution in [0.4, 0.5) is 18.9 Å². The van der Waals surface area contributed by atoms with Crippen LogP contribution in [0.5, 0.6) is 0 Å². The number of amidine groups is 1. The second-order valence-electron chi connectivity index (χ2n) is 4.63. The third-order valence-electron chi connectivity index (χ3n) is 3.05. The number of halogens is 3. The molecule has 1 saturated heterocycles. The van der Waals surface area contributed by atoms with Gasteiger partial charge in [-0.2, -0.15) is 13.2 Å². The highest BCUT2D eigenvalue weighted by atomic mass is 32.2. The smallest absolute Gasteiger partial charge is 0.416 e. The number of hydrogen-bond acceptors (Lipinski definition) is 5. The molecule has 0 aromatic heterocycles. The molecule has 1 fully saturated rings. The Balaban J connectivity index is 2.37. The lowest BCUT2D eigenvalue weighted by Gasteiger charge is -2.12. The van der Waals surface area contributed by atoms with E-state index in [1.54, 1.807) is 6.92 Å². The summed E-state index contributed by atoms with van der Waals surface area (Å²) in [6.45, 7) is 1.96. The number of alkyl halides is 3. The molecule has 5 nitrogen and oxygen atoms in total. The van der Waals surface area contributed by atoms with Crippen molar-refractivity contribution in [1.29, 1.82) is 0 Å². The molecule has 1 aliphatic rings. The molecule has 1 amide bonds. The maximum atomic E-state index is 12.8. The van der Waals surface area contributed by atoms with Gasteiger partial charge < -0.3 is 4.74 Å². The van der Waals surface area contributed by atoms with Crippen molar-refractivity contribution in [3.63, 3.8) is 0 Å². The minimum Gasteiger partial charge on any atom is -0.466 e. The van der Waals surface area contributed by atoms with Crippen molar-refractivity contribution >= 4 is 34.5 Å². The molecular weight excluding hydrogens is 345 g/mol. The molecule has 0 radical (unpaired) electrons. The standard InChI is InChI=1S/C15H13F3N2O3S/c1-3-20-13(22)11(8-12(21)23-2)24-14(20)19-10-6-4-5-9(7-10)15(16,17)18/h4-8H,3H2,1-2H3/b11-8+,19-14?. The van der Waals surface area contributed by atoms with Crippen molar-refractivity contribution in [2.45, 2.75) is 13.1 Å². The summed E-state index contributed by atoms with van der Waals surface area (Å²) >= 11 is 0.909. The van der Waals surface area contributed by atoms with E-state index in [0.717, 1.165) is 30.0 Å². The topological polar surface area (TPSA) is 59.0 Å². The van der Waals surface area contributed by atoms with Crippen molar-refractivity contribution < 1.29 is 27.5 Å². The lowest BCUT2D eigenvalue weighted by atomic mass is 10.2. The van der Waals surface area contributed by atoms with Crippen LogP contribution in [0.1, 0.15) is 12.5 Å². The van der Waals surface area contributed by atoms with E-state index in [4.69, 9.17) is 0 Å². The van der Waals surface area contributed by atoms with Gasteiger partial charge in [-0.15, -0.1) is 0 Å². The monoisotopic (exact) mass is 358 g/mol. The van der Waals surface area contributed by atoms with Gasteiger partial charge >= 0.3 is 12.1 Å². The van der Waals surface area contributed by atoms with E-state index in [0.29, 0.717) is 0 Å². The van der Waals surface area contributed by atoms with E-state index in [-0.39, 0.29) is 22.3 Å². The van der Waals surface area contributed by atoms with Crippen LogP contribution in [-0.4, -0.2) is 35.6 Å². The van der Waals surface area contributed by atoms with Crippen LogP contribution < -0.4 is 0 Å². The van der Waals surface area contributed by atoms with Gasteiger partial charge in [0.2, 0.25) is 0 Å². The van der Waals surface area contributed by atoms with Gasteiger partial charge in [-0.3, -0.25) is 9.69 Å². The molecule has 1 aliphatic heterocycles. The third kappa shape index (κ3) is 3.97. The second-order valence-corrected chi connectivity index (χ2v) is 5.63. The number of methoxy groups -OCH3 is 1. The van der Waals surface area contributed by atoms with E-state index in [9.17, 15) is 22.8 Å². The van der Waals surface area contributed by atoms with Crippen LogP contribution in [0, 0.1) is 0 Å². The number of benzene rings is 1. The van der Waals surface area contributed by atoms with E-state index in [2.05, 4.69) is 9.73 Å². The third-order valence-corrected chi connectivity index (χ3v) is 4.06. The molecule has 24 heavy (non-hydrogen) atoms. The quantitative estimate of drug-likeness (QED) is 0.614. The fraction of sp³-hybridized carbons (Fsp3) is 0.267. The number of rotatable bonds is 3. The fourth-order valence-electron chi connectivity index (χ4n) is 1.90. The molecular formula is C15H13F3N2O3S. The number of ether oxygens (including phenoxy) is 1. The van der Waals surface area contributed by atoms with Crippen LogP contribution in [0.15, 0.2) is 40.2 Å². The highest BCUT2D eigenvalue weighted by molar-refractivity contribution is 8.18. The summed E-state index contributed by atoms with van der Waals surface area (Å²) in [6.07, 6.45) is -3.44. The first-order valence-corrected chi connectivity index (χ1v) is 7.63. The Bertz CT molecular complexity index is 729. The molecule has 0 atom stereocenters. The summed E-state index contributed by atoms with van der Waals surface area (Å²) in [7, 11) is 1.18. The summed E-state index contributed by atoms with van der Waals surface area (Å²) in [6, 6.07) is 4.49. The molecule has 1 heterocycles. The summed E-state index contributed by atoms with van der Waals surface area (Å²) < 4.78 is 42.7. The van der Waals surface area contributed by atoms with Gasteiger partial charge in [-0.25, -0.2) is 9.79 Å². The predicted octanol–water partition coefficient (Wildman–Crippen LogP) is 3.35. The largest absolute Gasteiger partial charge is 0.466 e. The molecule has 0 aliphatic carbocycles. The minimum atomic E-state index is -4.48. The normalized spacial score (nSPS) is 18.5. The number of esters is 1. The SMILES string of the molecule is CCN1C(=O)/C(=C\C(=O)OC)SC1=Nc1cccc(C(F)(F)F)c1. The molecule has 2 rings (SSSR count). The average Bonchev–Trinajstić information content (AvgIpc) is 2.81. The zero-order valence-corrected chi connectivity index (χ0v) is 13.6. The number of carbonyl (C=O) groups excluding carboxylic acids is 2. The fourth-order valence-corrected chi connectivity index (χ4v) is 2.92. The minimum absolute atomic E-state index is 0.0675. The molecule has 1 aromatic carbocycles. The molecule has 9 heteroatoms. The first-order valence-electron chi connectivity index (χ1n) is 6.81. The highest BCUT2D eigenvalue weighted by Gasteiger charge is 2.34. The Morgan fingerprint density at radius 3 is 2.71 bits per heavy atom. The van der Waals surface area contributed by atoms with Gasteiger partial charge in [0.15, 0.2) is 5.17 Å². The molecule has 128 valence electrons. The Kier molecular flexibility index (Phi) is 5.33. The molecule has 0 unspecified atom stereocenters. The number of carbonyl (C=O) groups is 2. The summed E-state index contributed by atoms with van der Waals surface area (Å²) in [5.41, 5.74) is -0.759. The lowest BCUT2D eigenvalue weighted by molar-refractivity contribution is -0.137. The van der Waals surface area contributed by atoms with Crippen molar-refractivity contribution in [2.75, 3.05) is 13.7 Å². The summed E-state index contributed by atoms with van der Waals surface area (Å²) in [5, 5.41) is 0.206. The van der Waals surface area contributed by atoms with Crippen molar-refractivity contribution in [3.05, 3.63) is 40.8 Å². The zero-order chi connectivity index (χ0) is 17.9. The Morgan fingerprint density at radius 1 is 1.42 bits per heavy atom. The first kappa shape index (κ1) is 18.1. The first-order chi connectivity index (χ1) is 11.3. The Labute approximate surface area is 140 Å². The summed E-state index contributed by atoms with van der Waals surface area (Å²) in [4.78, 5) is 29.0. The van der Waals surface area contributed by atoms with E-state index < -0.39 is 23.6 Å². The van der Waals surface area contributed by atoms with Crippen LogP contribution in [0.25, 0.3) is 0 Å². The summed E-state index contributed by atoms with van der Waals surface area (Å²) in [5.74, 6) is -1.14. The maximum absolute atomic E-state index is 12.8. The van der Waals surface area contributed by atoms with Crippen LogP contribution in [0.3, 0.4) is 0 Å². The van der Waals surface area contributed by atoms with Gasteiger partial charge in [0, 0.05) is 12.6 Å². The van der Waals surface area contributed by atoms with Gasteiger partial charge in [0.1, 0.15) is 0 Å². The molecule has 0 bridgehead atoms. The second kappa shape index (κ2) is 7.08. The highest BCUT2D eigenvalue weighted by Crippen LogP contribution is 2.35. The van der Waals surface area contributed by atoms with Crippen molar-refractivity contribution in [3.8, 4) is 0 Å². The number of thioether (sulfide) groups is 1. The van der Waals surface area contributed by atoms with E-state index in [1.807, 2.05) is 0 Å². The van der Waals surface area contributed by atoms with Gasteiger partial charge in [0.25, 0.3) is 5.91 Å². The number of aliphatic imine (C=N–C) groups is 1. The predicted molar refractivity (Wildman–Crippen MR) is 83.6 cm³/mol. The molecule has 0 N–H and O–H groups in total. The zero-order valence-electron chi connectivity index (χ0n) is 12.8. The Morgan fingerprint density at radius 2 is 2.12 bits per heavy atom. The number of likely N-dealkylation sites (N-methyl/N-ethyl adjacent to an activating group) is 1. The van der Waals surface area contributed by atoms with Crippen LogP contribution in [-0.2, 0) is 20.5 Å². The van der Waals surface area contributed by atoms with Crippen LogP contribution in [0.2, 0.25) is 0 Å². The van der Waals surface area contributed by atoms with Gasteiger partial charge in [-0.05, 0) is 36.9 Å². The Hall–Kier alpha value is -2.29. The van der Waals surface area contributed by atoms with E-state index in [1.165, 1.54) is 24.1 Å². The molecule has 0 spiro atoms. The van der Waals surface area contributed by atoms with Crippen LogP contribution >= 0.6 is 11.8 Å². The van der Waals surface area contributed by atoms with Gasteiger partial charge in [0.05, 0.1) is 23.3 Å². The number of amides is 1. The number of nitrogens with zero attached hydrogens (tertiary/aromatic N) is 2. The van der Waals surface area contributed by atoms with Crippen molar-refractivity contribution in [2.24, 2.45) is 4.99 Å². The molecule has 1 aromatic rings. The van der Waals surface area contributed by atoms with Crippen molar-refractivity contribution in [1.82, 2.24) is 4.90 Å². The molecule has 0 saturated carbocycles. The average molecular weight is 358 g/mol.